The Balaban J connectivity index is 4.11. The van der Waals surface area contributed by atoms with Gasteiger partial charge in [-0.15, -0.1) is 0 Å². The summed E-state index contributed by atoms with van der Waals surface area (Å²) in [5, 5.41) is 12.0. The fourth-order valence-corrected chi connectivity index (χ4v) is 2.76. The molecular weight excluding hydrogens is 256 g/mol. The van der Waals surface area contributed by atoms with Crippen LogP contribution in [0.2, 0.25) is 0 Å². The molecular formula is C11H24N2O4S. The fourth-order valence-electron chi connectivity index (χ4n) is 1.46. The van der Waals surface area contributed by atoms with Gasteiger partial charge in [0.15, 0.2) is 0 Å². The minimum Gasteiger partial charge on any atom is -0.391 e. The smallest absolute Gasteiger partial charge is 0.237 e. The van der Waals surface area contributed by atoms with Crippen molar-refractivity contribution < 1.29 is 18.3 Å². The van der Waals surface area contributed by atoms with E-state index in [1.54, 1.807) is 6.92 Å². The zero-order chi connectivity index (χ0) is 14.2. The molecule has 18 heavy (non-hydrogen) atoms. The first kappa shape index (κ1) is 17.3. The van der Waals surface area contributed by atoms with E-state index in [9.17, 15) is 18.3 Å². The standard InChI is InChI=1S/C11H24N2O4S/c1-4-6-10(14)8-12-11(15)9(3)13-18(16,17)7-5-2/h9-10,13-14H,4-8H2,1-3H3,(H,12,15). The van der Waals surface area contributed by atoms with E-state index in [4.69, 9.17) is 0 Å². The van der Waals surface area contributed by atoms with Gasteiger partial charge in [-0.2, -0.15) is 0 Å². The Labute approximate surface area is 109 Å². The summed E-state index contributed by atoms with van der Waals surface area (Å²) in [6.07, 6.45) is 1.35. The van der Waals surface area contributed by atoms with Gasteiger partial charge < -0.3 is 10.4 Å². The largest absolute Gasteiger partial charge is 0.391 e. The molecule has 0 rings (SSSR count). The third-order valence-electron chi connectivity index (χ3n) is 2.36. The molecule has 0 radical (unpaired) electrons. The molecule has 2 atom stereocenters. The van der Waals surface area contributed by atoms with Crippen molar-refractivity contribution in [3.63, 3.8) is 0 Å². The van der Waals surface area contributed by atoms with Crippen LogP contribution in [0.4, 0.5) is 0 Å². The highest BCUT2D eigenvalue weighted by Crippen LogP contribution is 1.96. The van der Waals surface area contributed by atoms with Crippen LogP contribution in [0.25, 0.3) is 0 Å². The zero-order valence-corrected chi connectivity index (χ0v) is 12.1. The highest BCUT2D eigenvalue weighted by atomic mass is 32.2. The molecule has 6 nitrogen and oxygen atoms in total. The average Bonchev–Trinajstić information content (AvgIpc) is 2.25. The van der Waals surface area contributed by atoms with E-state index in [0.29, 0.717) is 12.8 Å². The average molecular weight is 280 g/mol. The number of amides is 1. The van der Waals surface area contributed by atoms with Crippen molar-refractivity contribution in [3.05, 3.63) is 0 Å². The molecule has 0 bridgehead atoms. The number of aliphatic hydroxyl groups excluding tert-OH is 1. The first-order valence-corrected chi connectivity index (χ1v) is 7.93. The maximum absolute atomic E-state index is 11.6. The monoisotopic (exact) mass is 280 g/mol. The second-order valence-electron chi connectivity index (χ2n) is 4.35. The number of aliphatic hydroxyl groups is 1. The molecule has 0 heterocycles. The van der Waals surface area contributed by atoms with Crippen LogP contribution >= 0.6 is 0 Å². The Hall–Kier alpha value is -0.660. The summed E-state index contributed by atoms with van der Waals surface area (Å²) in [4.78, 5) is 11.6. The lowest BCUT2D eigenvalue weighted by Gasteiger charge is -2.16. The lowest BCUT2D eigenvalue weighted by molar-refractivity contribution is -0.122. The number of carbonyl (C=O) groups excluding carboxylic acids is 1. The van der Waals surface area contributed by atoms with Crippen LogP contribution < -0.4 is 10.0 Å². The van der Waals surface area contributed by atoms with E-state index in [2.05, 4.69) is 10.0 Å². The molecule has 3 N–H and O–H groups in total. The van der Waals surface area contributed by atoms with Crippen molar-refractivity contribution in [2.75, 3.05) is 12.3 Å². The number of hydrogen-bond acceptors (Lipinski definition) is 4. The van der Waals surface area contributed by atoms with Crippen LogP contribution in [0, 0.1) is 0 Å². The predicted octanol–water partition coefficient (Wildman–Crippen LogP) is -0.0185. The molecule has 2 unspecified atom stereocenters. The van der Waals surface area contributed by atoms with E-state index >= 15 is 0 Å². The van der Waals surface area contributed by atoms with E-state index in [0.717, 1.165) is 6.42 Å². The van der Waals surface area contributed by atoms with Gasteiger partial charge in [0.05, 0.1) is 17.9 Å². The lowest BCUT2D eigenvalue weighted by atomic mass is 10.2. The summed E-state index contributed by atoms with van der Waals surface area (Å²) in [5.41, 5.74) is 0. The molecule has 0 fully saturated rings. The molecule has 0 aliphatic rings. The summed E-state index contributed by atoms with van der Waals surface area (Å²) in [5.74, 6) is -0.423. The Bertz CT molecular complexity index is 343. The molecule has 0 aromatic carbocycles. The van der Waals surface area contributed by atoms with E-state index < -0.39 is 28.1 Å². The third kappa shape index (κ3) is 7.62. The van der Waals surface area contributed by atoms with Crippen molar-refractivity contribution in [1.29, 1.82) is 0 Å². The van der Waals surface area contributed by atoms with Crippen molar-refractivity contribution in [2.45, 2.75) is 52.2 Å². The van der Waals surface area contributed by atoms with Gasteiger partial charge in [-0.1, -0.05) is 20.3 Å². The van der Waals surface area contributed by atoms with Crippen LogP contribution in [0.15, 0.2) is 0 Å². The first-order valence-electron chi connectivity index (χ1n) is 6.28. The number of carbonyl (C=O) groups is 1. The summed E-state index contributed by atoms with van der Waals surface area (Å²) >= 11 is 0. The maximum Gasteiger partial charge on any atom is 0.237 e. The van der Waals surface area contributed by atoms with Gasteiger partial charge in [0.25, 0.3) is 0 Å². The van der Waals surface area contributed by atoms with Crippen molar-refractivity contribution >= 4 is 15.9 Å². The van der Waals surface area contributed by atoms with Crippen LogP contribution in [0.5, 0.6) is 0 Å². The second-order valence-corrected chi connectivity index (χ2v) is 6.22. The van der Waals surface area contributed by atoms with Crippen LogP contribution in [0.1, 0.15) is 40.0 Å². The number of nitrogens with one attached hydrogen (secondary N) is 2. The lowest BCUT2D eigenvalue weighted by Crippen LogP contribution is -2.47. The Morgan fingerprint density at radius 1 is 1.28 bits per heavy atom. The third-order valence-corrected chi connectivity index (χ3v) is 4.01. The van der Waals surface area contributed by atoms with Gasteiger partial charge in [0.1, 0.15) is 0 Å². The Morgan fingerprint density at radius 2 is 1.89 bits per heavy atom. The number of rotatable bonds is 9. The summed E-state index contributed by atoms with van der Waals surface area (Å²) in [7, 11) is -3.40. The predicted molar refractivity (Wildman–Crippen MR) is 70.6 cm³/mol. The maximum atomic E-state index is 11.6. The summed E-state index contributed by atoms with van der Waals surface area (Å²) < 4.78 is 25.2. The normalized spacial score (nSPS) is 15.1. The molecule has 0 spiro atoms. The van der Waals surface area contributed by atoms with Gasteiger partial charge in [0, 0.05) is 6.54 Å². The molecule has 0 aromatic rings. The van der Waals surface area contributed by atoms with Crippen molar-refractivity contribution in [1.82, 2.24) is 10.0 Å². The van der Waals surface area contributed by atoms with Crippen molar-refractivity contribution in [3.8, 4) is 0 Å². The van der Waals surface area contributed by atoms with Gasteiger partial charge in [-0.3, -0.25) is 4.79 Å². The Kier molecular flexibility index (Phi) is 8.13. The van der Waals surface area contributed by atoms with Gasteiger partial charge >= 0.3 is 0 Å². The molecule has 1 amide bonds. The molecule has 0 saturated heterocycles. The summed E-state index contributed by atoms with van der Waals surface area (Å²) in [6.45, 7) is 5.32. The van der Waals surface area contributed by atoms with Crippen molar-refractivity contribution in [2.24, 2.45) is 0 Å². The number of sulfonamides is 1. The molecule has 0 aliphatic carbocycles. The van der Waals surface area contributed by atoms with E-state index in [1.165, 1.54) is 6.92 Å². The molecule has 0 aromatic heterocycles. The van der Waals surface area contributed by atoms with Crippen LogP contribution in [-0.4, -0.2) is 43.9 Å². The molecule has 7 heteroatoms. The minimum atomic E-state index is -3.40. The van der Waals surface area contributed by atoms with Gasteiger partial charge in [-0.05, 0) is 19.8 Å². The Morgan fingerprint density at radius 3 is 2.39 bits per heavy atom. The quantitative estimate of drug-likeness (QED) is 0.553. The fraction of sp³-hybridized carbons (Fsp3) is 0.909. The SMILES string of the molecule is CCCC(O)CNC(=O)C(C)NS(=O)(=O)CCC. The van der Waals surface area contributed by atoms with Crippen LogP contribution in [0.3, 0.4) is 0 Å². The minimum absolute atomic E-state index is 0.00306. The van der Waals surface area contributed by atoms with Gasteiger partial charge in [-0.25, -0.2) is 13.1 Å². The first-order chi connectivity index (χ1) is 8.32. The van der Waals surface area contributed by atoms with E-state index in [1.807, 2.05) is 6.92 Å². The zero-order valence-electron chi connectivity index (χ0n) is 11.3. The summed E-state index contributed by atoms with van der Waals surface area (Å²) in [6, 6.07) is -0.824. The number of hydrogen-bond donors (Lipinski definition) is 3. The molecule has 108 valence electrons. The van der Waals surface area contributed by atoms with Gasteiger partial charge in [0.2, 0.25) is 15.9 Å². The highest BCUT2D eigenvalue weighted by molar-refractivity contribution is 7.89. The molecule has 0 saturated carbocycles. The van der Waals surface area contributed by atoms with E-state index in [-0.39, 0.29) is 12.3 Å². The highest BCUT2D eigenvalue weighted by Gasteiger charge is 2.19. The van der Waals surface area contributed by atoms with Crippen LogP contribution in [-0.2, 0) is 14.8 Å². The second kappa shape index (κ2) is 8.44. The topological polar surface area (TPSA) is 95.5 Å². The molecule has 0 aliphatic heterocycles.